The number of benzene rings is 2. The third-order valence-electron chi connectivity index (χ3n) is 5.22. The van der Waals surface area contributed by atoms with Crippen LogP contribution in [0.15, 0.2) is 42.5 Å². The Morgan fingerprint density at radius 2 is 1.86 bits per heavy atom. The lowest BCUT2D eigenvalue weighted by molar-refractivity contribution is -0.115. The Morgan fingerprint density at radius 3 is 2.66 bits per heavy atom. The molecule has 1 heterocycles. The van der Waals surface area contributed by atoms with Gasteiger partial charge in [-0.15, -0.1) is 0 Å². The van der Waals surface area contributed by atoms with Crippen molar-refractivity contribution >= 4 is 28.4 Å². The highest BCUT2D eigenvalue weighted by molar-refractivity contribution is 6.02. The lowest BCUT2D eigenvalue weighted by Gasteiger charge is -2.11. The molecule has 0 fully saturated rings. The number of aromatic amines is 1. The van der Waals surface area contributed by atoms with Gasteiger partial charge in [0.15, 0.2) is 0 Å². The maximum Gasteiger partial charge on any atom is 0.251 e. The number of H-pyrrole nitrogens is 1. The van der Waals surface area contributed by atoms with Crippen LogP contribution in [0.3, 0.4) is 0 Å². The average molecular weight is 391 g/mol. The van der Waals surface area contributed by atoms with Crippen molar-refractivity contribution < 1.29 is 14.3 Å². The summed E-state index contributed by atoms with van der Waals surface area (Å²) in [7, 11) is 0. The van der Waals surface area contributed by atoms with E-state index in [1.54, 1.807) is 30.3 Å². The van der Waals surface area contributed by atoms with Gasteiger partial charge in [-0.2, -0.15) is 0 Å². The van der Waals surface area contributed by atoms with Crippen LogP contribution in [0, 0.1) is 0 Å². The van der Waals surface area contributed by atoms with Gasteiger partial charge in [0, 0.05) is 27.8 Å². The Hall–Kier alpha value is -3.28. The van der Waals surface area contributed by atoms with E-state index in [1.165, 1.54) is 24.1 Å². The summed E-state index contributed by atoms with van der Waals surface area (Å²) in [6.07, 6.45) is 4.50. The number of nitrogens with one attached hydrogen (secondary N) is 3. The minimum absolute atomic E-state index is 0.0880. The number of rotatable bonds is 6. The summed E-state index contributed by atoms with van der Waals surface area (Å²) in [6, 6.07) is 12.8. The molecule has 150 valence electrons. The van der Waals surface area contributed by atoms with Gasteiger partial charge in [0.1, 0.15) is 5.75 Å². The number of hydrogen-bond donors (Lipinski definition) is 3. The van der Waals surface area contributed by atoms with Crippen LogP contribution in [-0.4, -0.2) is 29.9 Å². The fraction of sp³-hybridized carbons (Fsp3) is 0.304. The highest BCUT2D eigenvalue weighted by atomic mass is 16.5. The standard InChI is InChI=1S/C23H25N3O3/c1-2-29-17-10-8-16(9-11-17)25-22(27)14-24-23(28)15-7-12-21-19(13-15)18-5-3-4-6-20(18)26-21/h7-13,26H,2-6,14H2,1H3,(H,24,28)(H,25,27). The molecule has 4 rings (SSSR count). The van der Waals surface area contributed by atoms with Gasteiger partial charge in [-0.3, -0.25) is 9.59 Å². The molecule has 29 heavy (non-hydrogen) atoms. The van der Waals surface area contributed by atoms with E-state index in [0.717, 1.165) is 29.5 Å². The lowest BCUT2D eigenvalue weighted by atomic mass is 9.95. The Morgan fingerprint density at radius 1 is 1.07 bits per heavy atom. The molecule has 6 heteroatoms. The molecule has 0 saturated carbocycles. The fourth-order valence-electron chi connectivity index (χ4n) is 3.82. The molecule has 1 aliphatic rings. The van der Waals surface area contributed by atoms with E-state index in [1.807, 2.05) is 19.1 Å². The SMILES string of the molecule is CCOc1ccc(NC(=O)CNC(=O)c2ccc3[nH]c4c(c3c2)CCCC4)cc1. The molecule has 0 aliphatic heterocycles. The van der Waals surface area contributed by atoms with Crippen molar-refractivity contribution in [3.05, 3.63) is 59.3 Å². The summed E-state index contributed by atoms with van der Waals surface area (Å²) in [4.78, 5) is 28.2. The average Bonchev–Trinajstić information content (AvgIpc) is 3.11. The van der Waals surface area contributed by atoms with Crippen LogP contribution in [0.5, 0.6) is 5.75 Å². The maximum absolute atomic E-state index is 12.5. The largest absolute Gasteiger partial charge is 0.494 e. The van der Waals surface area contributed by atoms with Crippen LogP contribution in [0.4, 0.5) is 5.69 Å². The first-order valence-corrected chi connectivity index (χ1v) is 10.1. The summed E-state index contributed by atoms with van der Waals surface area (Å²) in [5.74, 6) is 0.225. The number of amides is 2. The Bertz CT molecular complexity index is 1040. The molecule has 2 aromatic carbocycles. The number of anilines is 1. The molecule has 0 spiro atoms. The van der Waals surface area contributed by atoms with Crippen LogP contribution in [0.2, 0.25) is 0 Å². The van der Waals surface area contributed by atoms with Gasteiger partial charge < -0.3 is 20.4 Å². The number of hydrogen-bond acceptors (Lipinski definition) is 3. The van der Waals surface area contributed by atoms with Gasteiger partial charge in [-0.05, 0) is 80.6 Å². The van der Waals surface area contributed by atoms with Gasteiger partial charge in [0.2, 0.25) is 5.91 Å². The predicted molar refractivity (Wildman–Crippen MR) is 114 cm³/mol. The topological polar surface area (TPSA) is 83.2 Å². The monoisotopic (exact) mass is 391 g/mol. The van der Waals surface area contributed by atoms with Gasteiger partial charge in [0.25, 0.3) is 5.91 Å². The van der Waals surface area contributed by atoms with E-state index in [0.29, 0.717) is 17.9 Å². The minimum atomic E-state index is -0.275. The second kappa shape index (κ2) is 8.39. The van der Waals surface area contributed by atoms with Gasteiger partial charge in [-0.25, -0.2) is 0 Å². The Kier molecular flexibility index (Phi) is 5.51. The zero-order valence-corrected chi connectivity index (χ0v) is 16.5. The van der Waals surface area contributed by atoms with Crippen LogP contribution in [0.1, 0.15) is 41.4 Å². The molecule has 0 atom stereocenters. The number of ether oxygens (including phenoxy) is 1. The molecule has 0 radical (unpaired) electrons. The van der Waals surface area contributed by atoms with Crippen molar-refractivity contribution in [2.24, 2.45) is 0 Å². The minimum Gasteiger partial charge on any atom is -0.494 e. The molecule has 3 aromatic rings. The Labute approximate surface area is 169 Å². The molecular formula is C23H25N3O3. The van der Waals surface area contributed by atoms with Crippen LogP contribution >= 0.6 is 0 Å². The van der Waals surface area contributed by atoms with Crippen molar-refractivity contribution in [3.63, 3.8) is 0 Å². The van der Waals surface area contributed by atoms with Crippen LogP contribution in [-0.2, 0) is 17.6 Å². The lowest BCUT2D eigenvalue weighted by Crippen LogP contribution is -2.32. The molecular weight excluding hydrogens is 366 g/mol. The molecule has 1 aliphatic carbocycles. The smallest absolute Gasteiger partial charge is 0.251 e. The number of carbonyl (C=O) groups is 2. The Balaban J connectivity index is 1.37. The number of carbonyl (C=O) groups excluding carboxylic acids is 2. The quantitative estimate of drug-likeness (QED) is 0.597. The summed E-state index contributed by atoms with van der Waals surface area (Å²) in [5.41, 5.74) is 4.92. The van der Waals surface area contributed by atoms with Gasteiger partial charge in [0.05, 0.1) is 13.2 Å². The number of aryl methyl sites for hydroxylation is 2. The molecule has 2 amide bonds. The second-order valence-electron chi connectivity index (χ2n) is 7.24. The fourth-order valence-corrected chi connectivity index (χ4v) is 3.82. The van der Waals surface area contributed by atoms with Crippen molar-refractivity contribution in [1.82, 2.24) is 10.3 Å². The highest BCUT2D eigenvalue weighted by Crippen LogP contribution is 2.29. The third kappa shape index (κ3) is 4.26. The first-order chi connectivity index (χ1) is 14.1. The van der Waals surface area contributed by atoms with E-state index in [-0.39, 0.29) is 18.4 Å². The van der Waals surface area contributed by atoms with Crippen molar-refractivity contribution in [1.29, 1.82) is 0 Å². The molecule has 0 saturated heterocycles. The van der Waals surface area contributed by atoms with Gasteiger partial charge in [-0.1, -0.05) is 0 Å². The normalized spacial score (nSPS) is 13.0. The summed E-state index contributed by atoms with van der Waals surface area (Å²) < 4.78 is 5.38. The zero-order valence-electron chi connectivity index (χ0n) is 16.5. The molecule has 6 nitrogen and oxygen atoms in total. The molecule has 1 aromatic heterocycles. The van der Waals surface area contributed by atoms with Crippen molar-refractivity contribution in [2.75, 3.05) is 18.5 Å². The second-order valence-corrected chi connectivity index (χ2v) is 7.24. The number of fused-ring (bicyclic) bond motifs is 3. The summed E-state index contributed by atoms with van der Waals surface area (Å²) in [6.45, 7) is 2.42. The third-order valence-corrected chi connectivity index (χ3v) is 5.22. The molecule has 0 bridgehead atoms. The van der Waals surface area contributed by atoms with E-state index in [2.05, 4.69) is 15.6 Å². The maximum atomic E-state index is 12.5. The summed E-state index contributed by atoms with van der Waals surface area (Å²) >= 11 is 0. The summed E-state index contributed by atoms with van der Waals surface area (Å²) in [5, 5.41) is 6.59. The van der Waals surface area contributed by atoms with Crippen LogP contribution < -0.4 is 15.4 Å². The first kappa shape index (κ1) is 19.1. The molecule has 3 N–H and O–H groups in total. The highest BCUT2D eigenvalue weighted by Gasteiger charge is 2.17. The number of aromatic nitrogens is 1. The van der Waals surface area contributed by atoms with Gasteiger partial charge >= 0.3 is 0 Å². The zero-order chi connectivity index (χ0) is 20.2. The van der Waals surface area contributed by atoms with Crippen LogP contribution in [0.25, 0.3) is 10.9 Å². The van der Waals surface area contributed by atoms with Crippen molar-refractivity contribution in [3.8, 4) is 5.75 Å². The van der Waals surface area contributed by atoms with E-state index in [4.69, 9.17) is 4.74 Å². The molecule has 0 unspecified atom stereocenters. The van der Waals surface area contributed by atoms with E-state index in [9.17, 15) is 9.59 Å². The van der Waals surface area contributed by atoms with E-state index < -0.39 is 0 Å². The first-order valence-electron chi connectivity index (χ1n) is 10.1. The van der Waals surface area contributed by atoms with Crippen molar-refractivity contribution in [2.45, 2.75) is 32.6 Å². The van der Waals surface area contributed by atoms with E-state index >= 15 is 0 Å². The predicted octanol–water partition coefficient (Wildman–Crippen LogP) is 3.81.